The molecule has 1 aromatic carbocycles. The maximum absolute atomic E-state index is 11.2. The van der Waals surface area contributed by atoms with E-state index in [0.717, 1.165) is 49.7 Å². The van der Waals surface area contributed by atoms with Crippen LogP contribution in [0.5, 0.6) is 5.75 Å². The highest BCUT2D eigenvalue weighted by Crippen LogP contribution is 2.61. The van der Waals surface area contributed by atoms with E-state index in [4.69, 9.17) is 0 Å². The van der Waals surface area contributed by atoms with Gasteiger partial charge in [-0.05, 0) is 78.9 Å². The van der Waals surface area contributed by atoms with Crippen LogP contribution in [0.2, 0.25) is 0 Å². The van der Waals surface area contributed by atoms with Crippen molar-refractivity contribution in [1.82, 2.24) is 0 Å². The summed E-state index contributed by atoms with van der Waals surface area (Å²) < 4.78 is 0. The van der Waals surface area contributed by atoms with Crippen LogP contribution in [0.3, 0.4) is 0 Å². The number of aryl methyl sites for hydroxylation is 1. The van der Waals surface area contributed by atoms with Crippen molar-refractivity contribution in [2.45, 2.75) is 57.5 Å². The normalized spacial score (nSPS) is 38.5. The average molecular weight is 317 g/mol. The van der Waals surface area contributed by atoms with Gasteiger partial charge in [0.2, 0.25) is 0 Å². The lowest BCUT2D eigenvalue weighted by molar-refractivity contribution is -0.386. The highest BCUT2D eigenvalue weighted by molar-refractivity contribution is 5.53. The molecule has 0 heterocycles. The van der Waals surface area contributed by atoms with Crippen LogP contribution >= 0.6 is 0 Å². The standard InChI is InChI=1S/C18H23NO4/c1-18-7-6-11-12(14(18)4-5-17(18)21)3-2-10-8-16(20)15(19(22)23)9-13(10)11/h8-9,11-12,14,17,20-21H,2-7H2,1H3/t11?,12?,14?,17?,18-/m0/s1. The molecule has 3 aliphatic carbocycles. The van der Waals surface area contributed by atoms with Gasteiger partial charge in [-0.2, -0.15) is 0 Å². The quantitative estimate of drug-likeness (QED) is 0.613. The zero-order chi connectivity index (χ0) is 16.4. The van der Waals surface area contributed by atoms with Gasteiger partial charge >= 0.3 is 5.69 Å². The fourth-order valence-electron chi connectivity index (χ4n) is 5.71. The van der Waals surface area contributed by atoms with Gasteiger partial charge in [-0.1, -0.05) is 6.92 Å². The fourth-order valence-corrected chi connectivity index (χ4v) is 5.71. The van der Waals surface area contributed by atoms with E-state index in [1.54, 1.807) is 12.1 Å². The van der Waals surface area contributed by atoms with Gasteiger partial charge in [0.1, 0.15) is 0 Å². The van der Waals surface area contributed by atoms with Crippen LogP contribution < -0.4 is 0 Å². The third kappa shape index (κ3) is 2.02. The summed E-state index contributed by atoms with van der Waals surface area (Å²) in [6, 6.07) is 3.20. The Balaban J connectivity index is 1.74. The van der Waals surface area contributed by atoms with E-state index in [1.165, 1.54) is 0 Å². The Morgan fingerprint density at radius 2 is 2.04 bits per heavy atom. The van der Waals surface area contributed by atoms with Crippen molar-refractivity contribution in [2.75, 3.05) is 0 Å². The van der Waals surface area contributed by atoms with Gasteiger partial charge in [-0.15, -0.1) is 0 Å². The number of aliphatic hydroxyl groups is 1. The van der Waals surface area contributed by atoms with Crippen LogP contribution in [0.15, 0.2) is 12.1 Å². The molecule has 4 unspecified atom stereocenters. The molecule has 5 heteroatoms. The van der Waals surface area contributed by atoms with Gasteiger partial charge in [-0.3, -0.25) is 10.1 Å². The van der Waals surface area contributed by atoms with Crippen molar-refractivity contribution in [2.24, 2.45) is 17.3 Å². The molecule has 4 rings (SSSR count). The summed E-state index contributed by atoms with van der Waals surface area (Å²) >= 11 is 0. The van der Waals surface area contributed by atoms with Crippen LogP contribution in [0.25, 0.3) is 0 Å². The Labute approximate surface area is 135 Å². The Morgan fingerprint density at radius 3 is 2.78 bits per heavy atom. The molecule has 0 aliphatic heterocycles. The zero-order valence-corrected chi connectivity index (χ0v) is 13.4. The highest BCUT2D eigenvalue weighted by Gasteiger charge is 2.54. The summed E-state index contributed by atoms with van der Waals surface area (Å²) in [7, 11) is 0. The maximum atomic E-state index is 11.2. The van der Waals surface area contributed by atoms with Crippen LogP contribution in [0.1, 0.15) is 56.1 Å². The molecule has 1 aromatic rings. The molecule has 23 heavy (non-hydrogen) atoms. The first kappa shape index (κ1) is 14.9. The van der Waals surface area contributed by atoms with Gasteiger partial charge in [0, 0.05) is 6.07 Å². The molecule has 2 N–H and O–H groups in total. The number of benzene rings is 1. The third-order valence-corrected chi connectivity index (χ3v) is 6.97. The first-order chi connectivity index (χ1) is 10.9. The lowest BCUT2D eigenvalue weighted by Crippen LogP contribution is -2.43. The number of rotatable bonds is 1. The van der Waals surface area contributed by atoms with Crippen molar-refractivity contribution < 1.29 is 15.1 Å². The topological polar surface area (TPSA) is 83.6 Å². The molecular weight excluding hydrogens is 294 g/mol. The second kappa shape index (κ2) is 4.94. The lowest BCUT2D eigenvalue weighted by atomic mass is 9.55. The van der Waals surface area contributed by atoms with Gasteiger partial charge in [-0.25, -0.2) is 0 Å². The number of nitro groups is 1. The summed E-state index contributed by atoms with van der Waals surface area (Å²) in [6.45, 7) is 2.22. The lowest BCUT2D eigenvalue weighted by Gasteiger charge is -2.50. The fraction of sp³-hybridized carbons (Fsp3) is 0.667. The van der Waals surface area contributed by atoms with Crippen molar-refractivity contribution in [3.05, 3.63) is 33.4 Å². The van der Waals surface area contributed by atoms with E-state index in [1.807, 2.05) is 0 Å². The van der Waals surface area contributed by atoms with E-state index in [0.29, 0.717) is 17.8 Å². The number of nitro benzene ring substituents is 1. The Kier molecular flexibility index (Phi) is 3.21. The van der Waals surface area contributed by atoms with Crippen molar-refractivity contribution in [3.8, 4) is 5.75 Å². The number of aromatic hydroxyl groups is 1. The molecule has 2 fully saturated rings. The summed E-state index contributed by atoms with van der Waals surface area (Å²) in [5.41, 5.74) is 1.97. The van der Waals surface area contributed by atoms with Crippen molar-refractivity contribution in [3.63, 3.8) is 0 Å². The predicted octanol–water partition coefficient (Wildman–Crippen LogP) is 3.52. The third-order valence-electron chi connectivity index (χ3n) is 6.97. The van der Waals surface area contributed by atoms with Crippen LogP contribution in [-0.4, -0.2) is 21.2 Å². The van der Waals surface area contributed by atoms with E-state index >= 15 is 0 Å². The molecule has 5 nitrogen and oxygen atoms in total. The number of aliphatic hydroxyl groups excluding tert-OH is 1. The Bertz CT molecular complexity index is 673. The zero-order valence-electron chi connectivity index (χ0n) is 13.4. The second-order valence-corrected chi connectivity index (χ2v) is 7.85. The Morgan fingerprint density at radius 1 is 1.26 bits per heavy atom. The van der Waals surface area contributed by atoms with Crippen LogP contribution in [-0.2, 0) is 6.42 Å². The van der Waals surface area contributed by atoms with E-state index < -0.39 is 4.92 Å². The molecule has 0 spiro atoms. The molecule has 0 saturated heterocycles. The largest absolute Gasteiger partial charge is 0.502 e. The molecule has 0 radical (unpaired) electrons. The maximum Gasteiger partial charge on any atom is 0.310 e. The predicted molar refractivity (Wildman–Crippen MR) is 85.4 cm³/mol. The number of hydrogen-bond acceptors (Lipinski definition) is 4. The molecule has 5 atom stereocenters. The number of fused-ring (bicyclic) bond motifs is 5. The monoisotopic (exact) mass is 317 g/mol. The van der Waals surface area contributed by atoms with Gasteiger partial charge < -0.3 is 10.2 Å². The minimum absolute atomic E-state index is 0.0154. The summed E-state index contributed by atoms with van der Waals surface area (Å²) in [4.78, 5) is 10.7. The molecular formula is C18H23NO4. The minimum atomic E-state index is -0.495. The molecule has 124 valence electrons. The number of phenolic OH excluding ortho intramolecular Hbond substituents is 1. The Hall–Kier alpha value is -1.62. The molecule has 3 aliphatic rings. The number of phenols is 1. The van der Waals surface area contributed by atoms with E-state index in [2.05, 4.69) is 6.92 Å². The summed E-state index contributed by atoms with van der Waals surface area (Å²) in [5.74, 6) is 1.13. The average Bonchev–Trinajstić information content (AvgIpc) is 2.81. The first-order valence-electron chi connectivity index (χ1n) is 8.60. The van der Waals surface area contributed by atoms with Crippen LogP contribution in [0.4, 0.5) is 5.69 Å². The van der Waals surface area contributed by atoms with Gasteiger partial charge in [0.05, 0.1) is 11.0 Å². The highest BCUT2D eigenvalue weighted by atomic mass is 16.6. The molecule has 0 aromatic heterocycles. The first-order valence-corrected chi connectivity index (χ1v) is 8.60. The summed E-state index contributed by atoms with van der Waals surface area (Å²) in [6.07, 6.45) is 5.62. The second-order valence-electron chi connectivity index (χ2n) is 7.85. The van der Waals surface area contributed by atoms with Crippen molar-refractivity contribution in [1.29, 1.82) is 0 Å². The van der Waals surface area contributed by atoms with E-state index in [9.17, 15) is 20.3 Å². The number of hydrogen-bond donors (Lipinski definition) is 2. The van der Waals surface area contributed by atoms with Crippen molar-refractivity contribution >= 4 is 5.69 Å². The smallest absolute Gasteiger partial charge is 0.310 e. The van der Waals surface area contributed by atoms with Gasteiger partial charge in [0.15, 0.2) is 5.75 Å². The van der Waals surface area contributed by atoms with Gasteiger partial charge in [0.25, 0.3) is 0 Å². The minimum Gasteiger partial charge on any atom is -0.502 e. The van der Waals surface area contributed by atoms with Crippen LogP contribution in [0, 0.1) is 27.4 Å². The number of nitrogens with zero attached hydrogens (tertiary/aromatic N) is 1. The molecule has 2 saturated carbocycles. The molecule has 0 bridgehead atoms. The summed E-state index contributed by atoms with van der Waals surface area (Å²) in [5, 5.41) is 31.4. The van der Waals surface area contributed by atoms with E-state index in [-0.39, 0.29) is 23.0 Å². The SMILES string of the molecule is C[C@]12CCC3c4cc([N+](=O)[O-])c(O)cc4CCC3C1CCC2O. The molecule has 0 amide bonds.